The summed E-state index contributed by atoms with van der Waals surface area (Å²) < 4.78 is 5.06. The second-order valence-corrected chi connectivity index (χ2v) is 5.18. The Bertz CT molecular complexity index is 233. The SMILES string of the molecule is C=C(C)C(=O)OCCCCCC(CC)CCCC. The van der Waals surface area contributed by atoms with E-state index in [0.29, 0.717) is 12.2 Å². The Morgan fingerprint density at radius 1 is 1.11 bits per heavy atom. The molecule has 0 aromatic heterocycles. The molecule has 0 rings (SSSR count). The maximum absolute atomic E-state index is 11.1. The zero-order chi connectivity index (χ0) is 13.8. The molecule has 2 nitrogen and oxygen atoms in total. The number of ether oxygens (including phenoxy) is 1. The lowest BCUT2D eigenvalue weighted by molar-refractivity contribution is -0.139. The first kappa shape index (κ1) is 17.2. The van der Waals surface area contributed by atoms with Crippen molar-refractivity contribution in [2.75, 3.05) is 6.61 Å². The summed E-state index contributed by atoms with van der Waals surface area (Å²) in [7, 11) is 0. The van der Waals surface area contributed by atoms with E-state index in [9.17, 15) is 4.79 Å². The minimum absolute atomic E-state index is 0.260. The summed E-state index contributed by atoms with van der Waals surface area (Å²) in [5.74, 6) is 0.632. The van der Waals surface area contributed by atoms with E-state index in [1.807, 2.05) is 0 Å². The highest BCUT2D eigenvalue weighted by atomic mass is 16.5. The van der Waals surface area contributed by atoms with Crippen LogP contribution in [-0.2, 0) is 9.53 Å². The van der Waals surface area contributed by atoms with E-state index >= 15 is 0 Å². The fraction of sp³-hybridized carbons (Fsp3) is 0.812. The van der Waals surface area contributed by atoms with Gasteiger partial charge in [-0.05, 0) is 19.3 Å². The van der Waals surface area contributed by atoms with Crippen LogP contribution in [0.1, 0.15) is 72.1 Å². The minimum Gasteiger partial charge on any atom is -0.462 e. The molecule has 2 heteroatoms. The Kier molecular flexibility index (Phi) is 10.8. The largest absolute Gasteiger partial charge is 0.462 e. The van der Waals surface area contributed by atoms with E-state index in [0.717, 1.165) is 18.8 Å². The number of rotatable bonds is 11. The van der Waals surface area contributed by atoms with Gasteiger partial charge in [-0.1, -0.05) is 65.4 Å². The van der Waals surface area contributed by atoms with Crippen LogP contribution in [0.15, 0.2) is 12.2 Å². The first-order chi connectivity index (χ1) is 8.61. The topological polar surface area (TPSA) is 26.3 Å². The van der Waals surface area contributed by atoms with Crippen molar-refractivity contribution in [2.24, 2.45) is 5.92 Å². The molecule has 0 N–H and O–H groups in total. The summed E-state index contributed by atoms with van der Waals surface area (Å²) in [4.78, 5) is 11.1. The number of unbranched alkanes of at least 4 members (excludes halogenated alkanes) is 3. The predicted molar refractivity (Wildman–Crippen MR) is 77.5 cm³/mol. The Morgan fingerprint density at radius 3 is 2.33 bits per heavy atom. The zero-order valence-electron chi connectivity index (χ0n) is 12.5. The molecular formula is C16H30O2. The van der Waals surface area contributed by atoms with E-state index in [1.165, 1.54) is 38.5 Å². The third-order valence-electron chi connectivity index (χ3n) is 3.38. The molecule has 0 amide bonds. The van der Waals surface area contributed by atoms with Crippen LogP contribution in [0.4, 0.5) is 0 Å². The van der Waals surface area contributed by atoms with Gasteiger partial charge < -0.3 is 4.74 Å². The molecule has 0 bridgehead atoms. The average Bonchev–Trinajstić information content (AvgIpc) is 2.36. The maximum atomic E-state index is 11.1. The molecule has 0 fully saturated rings. The highest BCUT2D eigenvalue weighted by Crippen LogP contribution is 2.19. The molecular weight excluding hydrogens is 224 g/mol. The molecule has 0 radical (unpaired) electrons. The number of esters is 1. The third-order valence-corrected chi connectivity index (χ3v) is 3.38. The van der Waals surface area contributed by atoms with Crippen LogP contribution < -0.4 is 0 Å². The van der Waals surface area contributed by atoms with Gasteiger partial charge in [-0.15, -0.1) is 0 Å². The van der Waals surface area contributed by atoms with Gasteiger partial charge in [-0.3, -0.25) is 0 Å². The van der Waals surface area contributed by atoms with Crippen LogP contribution >= 0.6 is 0 Å². The molecule has 0 aromatic carbocycles. The first-order valence-electron chi connectivity index (χ1n) is 7.44. The standard InChI is InChI=1S/C16H30O2/c1-5-7-11-15(6-2)12-9-8-10-13-18-16(17)14(3)4/h15H,3,5-13H2,1-2,4H3. The Morgan fingerprint density at radius 2 is 1.78 bits per heavy atom. The van der Waals surface area contributed by atoms with Crippen molar-refractivity contribution in [3.63, 3.8) is 0 Å². The second kappa shape index (κ2) is 11.3. The van der Waals surface area contributed by atoms with Gasteiger partial charge in [0.2, 0.25) is 0 Å². The summed E-state index contributed by atoms with van der Waals surface area (Å²) in [6.45, 7) is 10.3. The Hall–Kier alpha value is -0.790. The molecule has 0 saturated heterocycles. The Balaban J connectivity index is 3.43. The fourth-order valence-electron chi connectivity index (χ4n) is 2.05. The smallest absolute Gasteiger partial charge is 0.333 e. The van der Waals surface area contributed by atoms with Crippen LogP contribution in [0.25, 0.3) is 0 Å². The van der Waals surface area contributed by atoms with Gasteiger partial charge >= 0.3 is 5.97 Å². The lowest BCUT2D eigenvalue weighted by Crippen LogP contribution is -2.06. The summed E-state index contributed by atoms with van der Waals surface area (Å²) in [6.07, 6.45) is 10.0. The van der Waals surface area contributed by atoms with E-state index in [4.69, 9.17) is 4.74 Å². The van der Waals surface area contributed by atoms with Crippen LogP contribution in [0.3, 0.4) is 0 Å². The number of carbonyl (C=O) groups is 1. The van der Waals surface area contributed by atoms with Crippen molar-refractivity contribution in [2.45, 2.75) is 72.1 Å². The predicted octanol–water partition coefficient (Wildman–Crippen LogP) is 4.88. The van der Waals surface area contributed by atoms with Crippen molar-refractivity contribution in [3.8, 4) is 0 Å². The molecule has 0 aliphatic carbocycles. The molecule has 0 heterocycles. The molecule has 1 unspecified atom stereocenters. The van der Waals surface area contributed by atoms with Gasteiger partial charge in [0.15, 0.2) is 0 Å². The molecule has 0 aliphatic heterocycles. The molecule has 0 aromatic rings. The normalized spacial score (nSPS) is 12.2. The van der Waals surface area contributed by atoms with E-state index in [2.05, 4.69) is 20.4 Å². The highest BCUT2D eigenvalue weighted by Gasteiger charge is 2.06. The van der Waals surface area contributed by atoms with Gasteiger partial charge in [0, 0.05) is 5.57 Å². The summed E-state index contributed by atoms with van der Waals surface area (Å²) >= 11 is 0. The first-order valence-corrected chi connectivity index (χ1v) is 7.44. The summed E-state index contributed by atoms with van der Waals surface area (Å²) in [6, 6.07) is 0. The second-order valence-electron chi connectivity index (χ2n) is 5.18. The molecule has 0 saturated carbocycles. The third kappa shape index (κ3) is 9.26. The Labute approximate surface area is 113 Å². The quantitative estimate of drug-likeness (QED) is 0.298. The molecule has 18 heavy (non-hydrogen) atoms. The van der Waals surface area contributed by atoms with Crippen LogP contribution in [0.2, 0.25) is 0 Å². The summed E-state index contributed by atoms with van der Waals surface area (Å²) in [5, 5.41) is 0. The lowest BCUT2D eigenvalue weighted by atomic mass is 9.93. The van der Waals surface area contributed by atoms with Crippen molar-refractivity contribution in [1.29, 1.82) is 0 Å². The average molecular weight is 254 g/mol. The maximum Gasteiger partial charge on any atom is 0.333 e. The van der Waals surface area contributed by atoms with E-state index in [1.54, 1.807) is 6.92 Å². The van der Waals surface area contributed by atoms with Gasteiger partial charge in [0.25, 0.3) is 0 Å². The van der Waals surface area contributed by atoms with Crippen molar-refractivity contribution in [3.05, 3.63) is 12.2 Å². The monoisotopic (exact) mass is 254 g/mol. The van der Waals surface area contributed by atoms with E-state index < -0.39 is 0 Å². The molecule has 0 spiro atoms. The van der Waals surface area contributed by atoms with Crippen LogP contribution in [-0.4, -0.2) is 12.6 Å². The number of hydrogen-bond acceptors (Lipinski definition) is 2. The fourth-order valence-corrected chi connectivity index (χ4v) is 2.05. The zero-order valence-corrected chi connectivity index (χ0v) is 12.5. The molecule has 106 valence electrons. The van der Waals surface area contributed by atoms with Crippen molar-refractivity contribution < 1.29 is 9.53 Å². The summed E-state index contributed by atoms with van der Waals surface area (Å²) in [5.41, 5.74) is 0.487. The lowest BCUT2D eigenvalue weighted by Gasteiger charge is -2.13. The van der Waals surface area contributed by atoms with Gasteiger partial charge in [-0.2, -0.15) is 0 Å². The van der Waals surface area contributed by atoms with Crippen LogP contribution in [0.5, 0.6) is 0 Å². The van der Waals surface area contributed by atoms with Gasteiger partial charge in [-0.25, -0.2) is 4.79 Å². The van der Waals surface area contributed by atoms with Crippen LogP contribution in [0, 0.1) is 5.92 Å². The number of carbonyl (C=O) groups excluding carboxylic acids is 1. The van der Waals surface area contributed by atoms with Crippen molar-refractivity contribution in [1.82, 2.24) is 0 Å². The van der Waals surface area contributed by atoms with Gasteiger partial charge in [0.1, 0.15) is 0 Å². The van der Waals surface area contributed by atoms with E-state index in [-0.39, 0.29) is 5.97 Å². The van der Waals surface area contributed by atoms with Crippen molar-refractivity contribution >= 4 is 5.97 Å². The number of hydrogen-bond donors (Lipinski definition) is 0. The minimum atomic E-state index is -0.260. The highest BCUT2D eigenvalue weighted by molar-refractivity contribution is 5.86. The molecule has 1 atom stereocenters. The van der Waals surface area contributed by atoms with Gasteiger partial charge in [0.05, 0.1) is 6.61 Å². The molecule has 0 aliphatic rings.